The summed E-state index contributed by atoms with van der Waals surface area (Å²) in [5.41, 5.74) is 1.19. The number of rotatable bonds is 6. The van der Waals surface area contributed by atoms with Gasteiger partial charge in [0.1, 0.15) is 12.4 Å². The maximum absolute atomic E-state index is 12.1. The number of aryl methyl sites for hydroxylation is 1. The minimum Gasteiger partial charge on any atom is -0.487 e. The highest BCUT2D eigenvalue weighted by molar-refractivity contribution is 5.89. The summed E-state index contributed by atoms with van der Waals surface area (Å²) in [5.74, 6) is 0.321. The van der Waals surface area contributed by atoms with Crippen molar-refractivity contribution in [1.82, 2.24) is 5.32 Å². The van der Waals surface area contributed by atoms with Gasteiger partial charge in [0.15, 0.2) is 0 Å². The van der Waals surface area contributed by atoms with Crippen molar-refractivity contribution in [2.45, 2.75) is 13.3 Å². The van der Waals surface area contributed by atoms with E-state index in [-0.39, 0.29) is 0 Å². The Morgan fingerprint density at radius 2 is 2.26 bits per heavy atom. The van der Waals surface area contributed by atoms with E-state index in [2.05, 4.69) is 17.2 Å². The van der Waals surface area contributed by atoms with E-state index in [1.807, 2.05) is 0 Å². The molecule has 1 aromatic rings. The number of ether oxygens (including phenoxy) is 1. The van der Waals surface area contributed by atoms with Crippen molar-refractivity contribution in [3.8, 4) is 5.75 Å². The van der Waals surface area contributed by atoms with Crippen LogP contribution in [0.5, 0.6) is 5.75 Å². The van der Waals surface area contributed by atoms with Crippen LogP contribution in [0.1, 0.15) is 5.56 Å². The summed E-state index contributed by atoms with van der Waals surface area (Å²) >= 11 is 0. The number of amides is 2. The van der Waals surface area contributed by atoms with Crippen molar-refractivity contribution in [3.63, 3.8) is 0 Å². The Hall–Kier alpha value is -2.11. The first kappa shape index (κ1) is 14.9. The molecule has 1 rings (SSSR count). The fourth-order valence-corrected chi connectivity index (χ4v) is 1.33. The molecular weight excluding hydrogens is 254 g/mol. The number of alkyl halides is 2. The molecule has 0 heterocycles. The van der Waals surface area contributed by atoms with Crippen molar-refractivity contribution in [2.75, 3.05) is 18.5 Å². The van der Waals surface area contributed by atoms with Gasteiger partial charge in [0.05, 0.1) is 0 Å². The molecule has 0 aliphatic rings. The molecule has 0 bridgehead atoms. The van der Waals surface area contributed by atoms with Crippen molar-refractivity contribution in [1.29, 1.82) is 0 Å². The number of nitrogens with one attached hydrogen (secondary N) is 2. The van der Waals surface area contributed by atoms with Gasteiger partial charge in [-0.1, -0.05) is 12.1 Å². The minimum absolute atomic E-state index is 0.321. The van der Waals surface area contributed by atoms with Gasteiger partial charge in [-0.15, -0.1) is 6.58 Å². The van der Waals surface area contributed by atoms with Gasteiger partial charge in [0, 0.05) is 18.3 Å². The Labute approximate surface area is 110 Å². The second kappa shape index (κ2) is 7.35. The third-order valence-electron chi connectivity index (χ3n) is 2.22. The average molecular weight is 270 g/mol. The summed E-state index contributed by atoms with van der Waals surface area (Å²) in [6.07, 6.45) is -0.988. The van der Waals surface area contributed by atoms with E-state index in [9.17, 15) is 13.6 Å². The van der Waals surface area contributed by atoms with E-state index < -0.39 is 19.1 Å². The lowest BCUT2D eigenvalue weighted by Crippen LogP contribution is -2.28. The zero-order valence-electron chi connectivity index (χ0n) is 10.6. The van der Waals surface area contributed by atoms with Gasteiger partial charge in [-0.25, -0.2) is 13.6 Å². The zero-order chi connectivity index (χ0) is 14.3. The maximum Gasteiger partial charge on any atom is 0.319 e. The van der Waals surface area contributed by atoms with Gasteiger partial charge in [-0.3, -0.25) is 0 Å². The highest BCUT2D eigenvalue weighted by atomic mass is 19.3. The number of anilines is 1. The highest BCUT2D eigenvalue weighted by Gasteiger charge is 2.08. The second-order valence-electron chi connectivity index (χ2n) is 3.81. The molecule has 104 valence electrons. The molecule has 0 aliphatic heterocycles. The average Bonchev–Trinajstić information content (AvgIpc) is 2.37. The molecule has 0 unspecified atom stereocenters. The van der Waals surface area contributed by atoms with Crippen molar-refractivity contribution in [3.05, 3.63) is 36.4 Å². The van der Waals surface area contributed by atoms with Crippen LogP contribution in [0.15, 0.2) is 30.9 Å². The number of carbonyl (C=O) groups excluding carboxylic acids is 1. The summed E-state index contributed by atoms with van der Waals surface area (Å²) in [7, 11) is 0. The van der Waals surface area contributed by atoms with Crippen molar-refractivity contribution in [2.24, 2.45) is 0 Å². The van der Waals surface area contributed by atoms with Gasteiger partial charge in [-0.05, 0) is 18.6 Å². The van der Waals surface area contributed by atoms with Gasteiger partial charge in [-0.2, -0.15) is 0 Å². The van der Waals surface area contributed by atoms with Crippen LogP contribution in [0.4, 0.5) is 19.3 Å². The molecule has 1 aromatic carbocycles. The fourth-order valence-electron chi connectivity index (χ4n) is 1.33. The van der Waals surface area contributed by atoms with E-state index in [4.69, 9.17) is 4.74 Å². The van der Waals surface area contributed by atoms with E-state index in [1.165, 1.54) is 6.07 Å². The SMILES string of the molecule is C=CCNC(=O)Nc1ccc(C)c(OCC(F)F)c1. The summed E-state index contributed by atoms with van der Waals surface area (Å²) in [5, 5.41) is 5.10. The number of hydrogen-bond acceptors (Lipinski definition) is 2. The second-order valence-corrected chi connectivity index (χ2v) is 3.81. The summed E-state index contributed by atoms with van der Waals surface area (Å²) < 4.78 is 29.1. The van der Waals surface area contributed by atoms with Crippen LogP contribution in [0.2, 0.25) is 0 Å². The first-order valence-electron chi connectivity index (χ1n) is 5.70. The maximum atomic E-state index is 12.1. The predicted molar refractivity (Wildman–Crippen MR) is 69.9 cm³/mol. The third kappa shape index (κ3) is 5.37. The van der Waals surface area contributed by atoms with Crippen molar-refractivity contribution >= 4 is 11.7 Å². The molecule has 2 N–H and O–H groups in total. The number of hydrogen-bond donors (Lipinski definition) is 2. The molecule has 0 spiro atoms. The van der Waals surface area contributed by atoms with Gasteiger partial charge >= 0.3 is 6.03 Å². The first-order valence-corrected chi connectivity index (χ1v) is 5.70. The molecule has 0 radical (unpaired) electrons. The van der Waals surface area contributed by atoms with E-state index in [0.29, 0.717) is 18.0 Å². The lowest BCUT2D eigenvalue weighted by molar-refractivity contribution is 0.0816. The summed E-state index contributed by atoms with van der Waals surface area (Å²) in [6, 6.07) is 4.45. The lowest BCUT2D eigenvalue weighted by atomic mass is 10.2. The van der Waals surface area contributed by atoms with Crippen LogP contribution in [-0.2, 0) is 0 Å². The number of halogens is 2. The Kier molecular flexibility index (Phi) is 5.78. The van der Waals surface area contributed by atoms with Gasteiger partial charge < -0.3 is 15.4 Å². The van der Waals surface area contributed by atoms with Crippen LogP contribution >= 0.6 is 0 Å². The first-order chi connectivity index (χ1) is 9.02. The van der Waals surface area contributed by atoms with Crippen LogP contribution in [0.25, 0.3) is 0 Å². The van der Waals surface area contributed by atoms with E-state index in [1.54, 1.807) is 25.1 Å². The highest BCUT2D eigenvalue weighted by Crippen LogP contribution is 2.23. The molecule has 0 aromatic heterocycles. The molecule has 0 saturated heterocycles. The van der Waals surface area contributed by atoms with Gasteiger partial charge in [0.2, 0.25) is 0 Å². The molecule has 0 atom stereocenters. The standard InChI is InChI=1S/C13H16F2N2O2/c1-3-6-16-13(18)17-10-5-4-9(2)11(7-10)19-8-12(14)15/h3-5,7,12H,1,6,8H2,2H3,(H2,16,17,18). The van der Waals surface area contributed by atoms with Crippen LogP contribution in [-0.4, -0.2) is 25.6 Å². The Morgan fingerprint density at radius 3 is 2.89 bits per heavy atom. The summed E-state index contributed by atoms with van der Waals surface area (Å²) in [6.45, 7) is 4.88. The molecule has 0 fully saturated rings. The smallest absolute Gasteiger partial charge is 0.319 e. The quantitative estimate of drug-likeness (QED) is 0.781. The monoisotopic (exact) mass is 270 g/mol. The Morgan fingerprint density at radius 1 is 1.53 bits per heavy atom. The zero-order valence-corrected chi connectivity index (χ0v) is 10.6. The topological polar surface area (TPSA) is 50.4 Å². The van der Waals surface area contributed by atoms with E-state index in [0.717, 1.165) is 5.56 Å². The predicted octanol–water partition coefficient (Wildman–Crippen LogP) is 2.95. The minimum atomic E-state index is -2.54. The normalized spacial score (nSPS) is 10.1. The molecule has 0 saturated carbocycles. The molecule has 2 amide bonds. The summed E-state index contributed by atoms with van der Waals surface area (Å²) in [4.78, 5) is 11.4. The third-order valence-corrected chi connectivity index (χ3v) is 2.22. The molecule has 19 heavy (non-hydrogen) atoms. The molecular formula is C13H16F2N2O2. The Bertz CT molecular complexity index is 450. The lowest BCUT2D eigenvalue weighted by Gasteiger charge is -2.11. The van der Waals surface area contributed by atoms with Crippen molar-refractivity contribution < 1.29 is 18.3 Å². The van der Waals surface area contributed by atoms with Crippen LogP contribution < -0.4 is 15.4 Å². The van der Waals surface area contributed by atoms with Crippen LogP contribution in [0, 0.1) is 6.92 Å². The molecule has 4 nitrogen and oxygen atoms in total. The Balaban J connectivity index is 2.67. The number of carbonyl (C=O) groups is 1. The molecule has 0 aliphatic carbocycles. The number of urea groups is 1. The van der Waals surface area contributed by atoms with E-state index >= 15 is 0 Å². The largest absolute Gasteiger partial charge is 0.487 e. The van der Waals surface area contributed by atoms with Gasteiger partial charge in [0.25, 0.3) is 6.43 Å². The number of benzene rings is 1. The van der Waals surface area contributed by atoms with Crippen LogP contribution in [0.3, 0.4) is 0 Å². The fraction of sp³-hybridized carbons (Fsp3) is 0.308. The molecule has 6 heteroatoms.